The van der Waals surface area contributed by atoms with E-state index in [-0.39, 0.29) is 19.3 Å². The molecule has 18 heteroatoms. The minimum atomic E-state index is -4.95. The molecule has 0 bridgehead atoms. The van der Waals surface area contributed by atoms with Crippen molar-refractivity contribution in [1.82, 2.24) is 0 Å². The fourth-order valence-electron chi connectivity index (χ4n) is 12.0. The fourth-order valence-corrected chi connectivity index (χ4v) is 13.6. The van der Waals surface area contributed by atoms with Gasteiger partial charge < -0.3 is 34.2 Å². The Morgan fingerprint density at radius 3 is 0.675 bits per heavy atom. The Morgan fingerprint density at radius 1 is 0.239 bits per heavy atom. The molecule has 0 aliphatic rings. The molecule has 16 nitrogen and oxygen atoms in total. The molecule has 666 valence electrons. The van der Waals surface area contributed by atoms with E-state index in [1.165, 1.54) is 103 Å². The zero-order chi connectivity index (χ0) is 85.1. The zero-order valence-electron chi connectivity index (χ0n) is 73.3. The lowest BCUT2D eigenvalue weighted by Gasteiger charge is -2.21. The molecule has 0 aromatic carbocycles. The van der Waals surface area contributed by atoms with E-state index in [4.69, 9.17) is 32.3 Å². The van der Waals surface area contributed by atoms with Gasteiger partial charge in [0.25, 0.3) is 0 Å². The molecule has 117 heavy (non-hydrogen) atoms. The van der Waals surface area contributed by atoms with Crippen LogP contribution in [0.2, 0.25) is 0 Å². The van der Waals surface area contributed by atoms with Gasteiger partial charge in [0.05, 0.1) is 26.4 Å². The van der Waals surface area contributed by atoms with Crippen molar-refractivity contribution in [3.8, 4) is 0 Å². The molecular weight excluding hydrogens is 1510 g/mol. The van der Waals surface area contributed by atoms with Gasteiger partial charge in [0.15, 0.2) is 6.10 Å². The van der Waals surface area contributed by atoms with Crippen LogP contribution >= 0.6 is 15.6 Å². The summed E-state index contributed by atoms with van der Waals surface area (Å²) in [5.41, 5.74) is 0. The fraction of sp³-hybridized carbons (Fsp3) is 0.646. The highest BCUT2D eigenvalue weighted by molar-refractivity contribution is 7.47. The number of hydrogen-bond donors (Lipinski definition) is 4. The molecule has 0 aliphatic heterocycles. The Labute approximate surface area is 712 Å². The number of aliphatic hydroxyl groups excluding tert-OH is 2. The van der Waals surface area contributed by atoms with E-state index in [0.717, 1.165) is 193 Å². The van der Waals surface area contributed by atoms with Gasteiger partial charge in [-0.1, -0.05) is 369 Å². The molecule has 0 aromatic heterocycles. The second-order valence-corrected chi connectivity index (χ2v) is 32.9. The summed E-state index contributed by atoms with van der Waals surface area (Å²) in [6, 6.07) is 0. The van der Waals surface area contributed by atoms with Crippen LogP contribution in [0.25, 0.3) is 0 Å². The van der Waals surface area contributed by atoms with Crippen LogP contribution in [0, 0.1) is 0 Å². The first kappa shape index (κ1) is 111. The lowest BCUT2D eigenvalue weighted by molar-refractivity contribution is -0.161. The number of carbonyl (C=O) groups excluding carboxylic acids is 3. The summed E-state index contributed by atoms with van der Waals surface area (Å²) in [5, 5.41) is 20.7. The summed E-state index contributed by atoms with van der Waals surface area (Å²) in [6.45, 7) is 2.34. The lowest BCUT2D eigenvalue weighted by atomic mass is 10.0. The quantitative estimate of drug-likeness (QED) is 0.0146. The molecule has 0 fully saturated rings. The average molecular weight is 1670 g/mol. The first-order valence-corrected chi connectivity index (χ1v) is 48.7. The summed E-state index contributed by atoms with van der Waals surface area (Å²) in [7, 11) is -9.82. The minimum Gasteiger partial charge on any atom is -0.463 e. The molecule has 0 aliphatic carbocycles. The van der Waals surface area contributed by atoms with Crippen LogP contribution in [0.1, 0.15) is 355 Å². The van der Waals surface area contributed by atoms with Crippen molar-refractivity contribution >= 4 is 33.6 Å². The van der Waals surface area contributed by atoms with Crippen molar-refractivity contribution < 1.29 is 75.8 Å². The number of aliphatic hydroxyl groups is 2. The van der Waals surface area contributed by atoms with Gasteiger partial charge in [-0.3, -0.25) is 32.5 Å². The third-order valence-corrected chi connectivity index (χ3v) is 20.7. The number of phosphoric acid groups is 2. The standard InChI is InChI=1S/C99H164O16P2/c1-4-7-10-13-16-19-22-25-28-31-34-37-39-41-43-45-46-48-50-51-53-56-58-61-64-67-70-73-76-79-82-85-97(102)109-88-94(100)89-111-116(105,106)112-90-95(101)91-113-117(107,108)114-93-96(115-99(104)87-84-81-78-75-72-69-66-63-60-55-36-33-30-27-24-21-18-15-12-9-6-3)92-110-98(103)86-83-80-77-74-71-68-65-62-59-57-54-52-49-47-44-42-40-38-35-32-29-26-23-20-17-14-11-8-5-2/h7-12,16-21,25-30,34-38,41-44,46,48,55,63,66,94-96,100-101H,4-6,13-15,22-24,31-33,39-40,45,47,49-54,56-62,64-65,67-93H2,1-3H3,(H,105,106)(H,107,108)/b10-7-,11-8-,12-9-,19-16-,20-17-,21-18-,28-25-,29-26-,30-27-,37-34-,38-35-,43-41-,44-42-,48-46-,55-36-,66-63-. The molecule has 0 spiro atoms. The van der Waals surface area contributed by atoms with Crippen LogP contribution in [-0.2, 0) is 55.8 Å². The van der Waals surface area contributed by atoms with Crippen LogP contribution in [0.4, 0.5) is 0 Å². The highest BCUT2D eigenvalue weighted by atomic mass is 31.2. The number of phosphoric ester groups is 2. The molecule has 4 N–H and O–H groups in total. The smallest absolute Gasteiger partial charge is 0.463 e. The summed E-state index contributed by atoms with van der Waals surface area (Å²) < 4.78 is 61.5. The maximum absolute atomic E-state index is 13.1. The van der Waals surface area contributed by atoms with Crippen molar-refractivity contribution in [2.24, 2.45) is 0 Å². The van der Waals surface area contributed by atoms with Crippen molar-refractivity contribution in [2.75, 3.05) is 39.6 Å². The largest absolute Gasteiger partial charge is 0.472 e. The van der Waals surface area contributed by atoms with E-state index in [9.17, 15) is 43.5 Å². The Morgan fingerprint density at radius 2 is 0.427 bits per heavy atom. The highest BCUT2D eigenvalue weighted by Gasteiger charge is 2.29. The molecule has 0 amide bonds. The van der Waals surface area contributed by atoms with E-state index in [1.807, 2.05) is 0 Å². The van der Waals surface area contributed by atoms with Gasteiger partial charge in [-0.25, -0.2) is 9.13 Å². The Bertz CT molecular complexity index is 2910. The minimum absolute atomic E-state index is 0.0766. The summed E-state index contributed by atoms with van der Waals surface area (Å²) in [4.78, 5) is 59.0. The Kier molecular flexibility index (Phi) is 85.3. The van der Waals surface area contributed by atoms with Gasteiger partial charge in [0, 0.05) is 19.3 Å². The molecule has 5 atom stereocenters. The maximum atomic E-state index is 13.1. The summed E-state index contributed by atoms with van der Waals surface area (Å²) in [5.74, 6) is -1.60. The predicted molar refractivity (Wildman–Crippen MR) is 491 cm³/mol. The first-order chi connectivity index (χ1) is 57.2. The monoisotopic (exact) mass is 1670 g/mol. The third-order valence-electron chi connectivity index (χ3n) is 18.8. The molecule has 0 saturated heterocycles. The highest BCUT2D eigenvalue weighted by Crippen LogP contribution is 2.45. The zero-order valence-corrected chi connectivity index (χ0v) is 75.1. The van der Waals surface area contributed by atoms with Crippen LogP contribution in [0.15, 0.2) is 194 Å². The Hall–Kier alpha value is -5.61. The van der Waals surface area contributed by atoms with Gasteiger partial charge >= 0.3 is 33.6 Å². The molecule has 0 radical (unpaired) electrons. The van der Waals surface area contributed by atoms with Crippen molar-refractivity contribution in [2.45, 2.75) is 373 Å². The number of carbonyl (C=O) groups is 3. The summed E-state index contributed by atoms with van der Waals surface area (Å²) in [6.07, 6.45) is 119. The molecule has 5 unspecified atom stereocenters. The van der Waals surface area contributed by atoms with E-state index < -0.39 is 91.5 Å². The van der Waals surface area contributed by atoms with E-state index in [0.29, 0.717) is 19.3 Å². The van der Waals surface area contributed by atoms with Gasteiger partial charge in [-0.15, -0.1) is 0 Å². The predicted octanol–water partition coefficient (Wildman–Crippen LogP) is 28.2. The van der Waals surface area contributed by atoms with Gasteiger partial charge in [-0.2, -0.15) is 0 Å². The number of hydrogen-bond acceptors (Lipinski definition) is 14. The second kappa shape index (κ2) is 89.6. The van der Waals surface area contributed by atoms with E-state index >= 15 is 0 Å². The molecule has 0 rings (SSSR count). The summed E-state index contributed by atoms with van der Waals surface area (Å²) >= 11 is 0. The first-order valence-electron chi connectivity index (χ1n) is 45.7. The Balaban J connectivity index is 4.62. The van der Waals surface area contributed by atoms with Gasteiger partial charge in [-0.05, 0) is 161 Å². The van der Waals surface area contributed by atoms with Gasteiger partial charge in [0.2, 0.25) is 0 Å². The van der Waals surface area contributed by atoms with E-state index in [2.05, 4.69) is 215 Å². The molecule has 0 saturated carbocycles. The number of rotatable bonds is 85. The topological polar surface area (TPSA) is 231 Å². The van der Waals surface area contributed by atoms with Crippen LogP contribution < -0.4 is 0 Å². The van der Waals surface area contributed by atoms with Crippen molar-refractivity contribution in [3.05, 3.63) is 194 Å². The number of allylic oxidation sites excluding steroid dienone is 32. The number of esters is 3. The second-order valence-electron chi connectivity index (χ2n) is 30.0. The molecule has 0 heterocycles. The average Bonchev–Trinajstić information content (AvgIpc) is 0.899. The third kappa shape index (κ3) is 91.0. The normalized spacial score (nSPS) is 14.7. The lowest BCUT2D eigenvalue weighted by Crippen LogP contribution is -2.30. The van der Waals surface area contributed by atoms with Gasteiger partial charge in [0.1, 0.15) is 25.4 Å². The molecule has 0 aromatic rings. The van der Waals surface area contributed by atoms with Crippen molar-refractivity contribution in [1.29, 1.82) is 0 Å². The number of unbranched alkanes of at least 4 members (excludes halogenated alkanes) is 30. The number of ether oxygens (including phenoxy) is 3. The van der Waals surface area contributed by atoms with Crippen LogP contribution in [0.3, 0.4) is 0 Å². The van der Waals surface area contributed by atoms with Crippen LogP contribution in [0.5, 0.6) is 0 Å². The van der Waals surface area contributed by atoms with Crippen molar-refractivity contribution in [3.63, 3.8) is 0 Å². The maximum Gasteiger partial charge on any atom is 0.472 e. The van der Waals surface area contributed by atoms with E-state index in [1.54, 1.807) is 0 Å². The SMILES string of the molecule is CC/C=C\C/C=C\C/C=C\C/C=C\C/C=C\C/C=C\CCCCCCCCCCCCCCC(=O)OCC(O)COP(=O)(O)OCC(O)COP(=O)(O)OCC(COC(=O)CCCCCCCCCCCCCCC/C=C\C/C=C\C/C=C\C/C=C\C/C=C\CC)OC(=O)CCCCCCC/C=C\C/C=C\C/C=C\C/C=C\C/C=C\CC. The molecular formula is C99H164O16P2. The van der Waals surface area contributed by atoms with Crippen LogP contribution in [-0.4, -0.2) is 95.9 Å².